The van der Waals surface area contributed by atoms with Crippen LogP contribution < -0.4 is 10.1 Å². The molecule has 6 heteroatoms. The maximum absolute atomic E-state index is 12.2. The van der Waals surface area contributed by atoms with Crippen molar-refractivity contribution in [3.63, 3.8) is 0 Å². The first-order chi connectivity index (χ1) is 10.9. The molecule has 1 aromatic carbocycles. The van der Waals surface area contributed by atoms with E-state index in [0.29, 0.717) is 11.0 Å². The number of para-hydroxylation sites is 1. The fraction of sp³-hybridized carbons (Fsp3) is 0.412. The quantitative estimate of drug-likeness (QED) is 0.821. The molecule has 2 rings (SSSR count). The van der Waals surface area contributed by atoms with Gasteiger partial charge in [0, 0.05) is 17.2 Å². The molecule has 0 saturated heterocycles. The number of hydrogen-bond donors (Lipinski definition) is 1. The van der Waals surface area contributed by atoms with Crippen molar-refractivity contribution < 1.29 is 9.53 Å². The highest BCUT2D eigenvalue weighted by atomic mass is 32.2. The van der Waals surface area contributed by atoms with Gasteiger partial charge in [-0.05, 0) is 26.0 Å². The third-order valence-corrected chi connectivity index (χ3v) is 4.40. The molecule has 0 atom stereocenters. The molecule has 1 heterocycles. The maximum Gasteiger partial charge on any atom is 0.262 e. The van der Waals surface area contributed by atoms with Gasteiger partial charge in [-0.2, -0.15) is 5.10 Å². The Morgan fingerprint density at radius 1 is 1.35 bits per heavy atom. The van der Waals surface area contributed by atoms with E-state index in [4.69, 9.17) is 4.74 Å². The molecule has 0 saturated carbocycles. The number of carbonyl (C=O) groups excluding carboxylic acids is 1. The van der Waals surface area contributed by atoms with E-state index in [1.54, 1.807) is 16.4 Å². The van der Waals surface area contributed by atoms with Gasteiger partial charge in [0.15, 0.2) is 12.4 Å². The molecule has 5 nitrogen and oxygen atoms in total. The highest BCUT2D eigenvalue weighted by molar-refractivity contribution is 8.00. The summed E-state index contributed by atoms with van der Waals surface area (Å²) >= 11 is 1.72. The Bertz CT molecular complexity index is 695. The molecule has 0 aliphatic heterocycles. The number of ether oxygens (including phenoxy) is 1. The third kappa shape index (κ3) is 4.51. The van der Waals surface area contributed by atoms with Gasteiger partial charge in [0.2, 0.25) is 0 Å². The summed E-state index contributed by atoms with van der Waals surface area (Å²) in [4.78, 5) is 13.2. The monoisotopic (exact) mass is 333 g/mol. The number of hydrogen-bond acceptors (Lipinski definition) is 4. The third-order valence-electron chi connectivity index (χ3n) is 3.31. The highest BCUT2D eigenvalue weighted by Gasteiger charge is 2.13. The van der Waals surface area contributed by atoms with Crippen molar-refractivity contribution in [2.24, 2.45) is 7.05 Å². The number of benzene rings is 1. The molecule has 0 spiro atoms. The van der Waals surface area contributed by atoms with Crippen LogP contribution in [0.1, 0.15) is 25.2 Å². The lowest BCUT2D eigenvalue weighted by Gasteiger charge is -2.13. The molecular formula is C17H23N3O2S. The van der Waals surface area contributed by atoms with E-state index in [-0.39, 0.29) is 12.5 Å². The fourth-order valence-electron chi connectivity index (χ4n) is 2.21. The number of thioether (sulfide) groups is 1. The van der Waals surface area contributed by atoms with E-state index >= 15 is 0 Å². The van der Waals surface area contributed by atoms with Crippen molar-refractivity contribution in [2.45, 2.75) is 37.8 Å². The molecule has 2 aromatic rings. The second-order valence-corrected chi connectivity index (χ2v) is 7.24. The summed E-state index contributed by atoms with van der Waals surface area (Å²) in [5.74, 6) is 0.497. The molecule has 1 N–H and O–H groups in total. The van der Waals surface area contributed by atoms with Gasteiger partial charge in [0.1, 0.15) is 5.69 Å². The first kappa shape index (κ1) is 17.4. The SMILES string of the molecule is Cc1nn(C)c(C)c1OCC(=O)Nc1ccccc1SC(C)C. The van der Waals surface area contributed by atoms with Crippen LogP contribution in [0.5, 0.6) is 5.75 Å². The summed E-state index contributed by atoms with van der Waals surface area (Å²) in [6, 6.07) is 7.80. The van der Waals surface area contributed by atoms with Gasteiger partial charge in [-0.15, -0.1) is 11.8 Å². The van der Waals surface area contributed by atoms with Gasteiger partial charge < -0.3 is 10.1 Å². The van der Waals surface area contributed by atoms with Crippen molar-refractivity contribution >= 4 is 23.4 Å². The van der Waals surface area contributed by atoms with Gasteiger partial charge >= 0.3 is 0 Å². The zero-order chi connectivity index (χ0) is 17.0. The summed E-state index contributed by atoms with van der Waals surface area (Å²) in [5.41, 5.74) is 2.51. The number of aromatic nitrogens is 2. The Labute approximate surface area is 141 Å². The highest BCUT2D eigenvalue weighted by Crippen LogP contribution is 2.30. The Hall–Kier alpha value is -1.95. The lowest BCUT2D eigenvalue weighted by atomic mass is 10.3. The van der Waals surface area contributed by atoms with Gasteiger partial charge in [-0.25, -0.2) is 0 Å². The van der Waals surface area contributed by atoms with Crippen LogP contribution in [0.4, 0.5) is 5.69 Å². The van der Waals surface area contributed by atoms with Crippen LogP contribution in [0.2, 0.25) is 0 Å². The normalized spacial score (nSPS) is 10.9. The van der Waals surface area contributed by atoms with Crippen molar-refractivity contribution in [2.75, 3.05) is 11.9 Å². The molecule has 0 bridgehead atoms. The predicted molar refractivity (Wildman–Crippen MR) is 94.2 cm³/mol. The summed E-state index contributed by atoms with van der Waals surface area (Å²) in [7, 11) is 1.86. The minimum atomic E-state index is -0.176. The van der Waals surface area contributed by atoms with Crippen LogP contribution >= 0.6 is 11.8 Å². The number of nitrogens with zero attached hydrogens (tertiary/aromatic N) is 2. The minimum Gasteiger partial charge on any atom is -0.480 e. The summed E-state index contributed by atoms with van der Waals surface area (Å²) < 4.78 is 7.39. The smallest absolute Gasteiger partial charge is 0.262 e. The first-order valence-electron chi connectivity index (χ1n) is 7.57. The Balaban J connectivity index is 2.00. The average Bonchev–Trinajstić information content (AvgIpc) is 2.72. The number of amides is 1. The van der Waals surface area contributed by atoms with Crippen molar-refractivity contribution in [3.8, 4) is 5.75 Å². The maximum atomic E-state index is 12.2. The van der Waals surface area contributed by atoms with Gasteiger partial charge in [-0.3, -0.25) is 9.48 Å². The Morgan fingerprint density at radius 2 is 2.04 bits per heavy atom. The molecule has 0 aliphatic carbocycles. The van der Waals surface area contributed by atoms with Crippen LogP contribution in [-0.4, -0.2) is 27.5 Å². The van der Waals surface area contributed by atoms with Gasteiger partial charge in [0.05, 0.1) is 11.4 Å². The summed E-state index contributed by atoms with van der Waals surface area (Å²) in [6.45, 7) is 8.01. The van der Waals surface area contributed by atoms with E-state index < -0.39 is 0 Å². The van der Waals surface area contributed by atoms with Gasteiger partial charge in [-0.1, -0.05) is 26.0 Å². The molecule has 0 fully saturated rings. The molecular weight excluding hydrogens is 310 g/mol. The van der Waals surface area contributed by atoms with Crippen LogP contribution in [-0.2, 0) is 11.8 Å². The van der Waals surface area contributed by atoms with E-state index in [0.717, 1.165) is 22.0 Å². The minimum absolute atomic E-state index is 0.0337. The molecule has 0 aliphatic rings. The molecule has 1 amide bonds. The van der Waals surface area contributed by atoms with Crippen molar-refractivity contribution in [1.29, 1.82) is 0 Å². The van der Waals surface area contributed by atoms with Crippen LogP contribution in [0.3, 0.4) is 0 Å². The molecule has 1 aromatic heterocycles. The zero-order valence-corrected chi connectivity index (χ0v) is 15.0. The number of carbonyl (C=O) groups is 1. The number of aryl methyl sites for hydroxylation is 2. The van der Waals surface area contributed by atoms with E-state index in [1.807, 2.05) is 45.2 Å². The summed E-state index contributed by atoms with van der Waals surface area (Å²) in [6.07, 6.45) is 0. The van der Waals surface area contributed by atoms with Gasteiger partial charge in [0.25, 0.3) is 5.91 Å². The largest absolute Gasteiger partial charge is 0.480 e. The van der Waals surface area contributed by atoms with Crippen molar-refractivity contribution in [3.05, 3.63) is 35.7 Å². The summed E-state index contributed by atoms with van der Waals surface area (Å²) in [5, 5.41) is 7.64. The van der Waals surface area contributed by atoms with Crippen LogP contribution in [0, 0.1) is 13.8 Å². The average molecular weight is 333 g/mol. The fourth-order valence-corrected chi connectivity index (χ4v) is 3.12. The number of nitrogens with one attached hydrogen (secondary N) is 1. The van der Waals surface area contributed by atoms with E-state index in [1.165, 1.54) is 0 Å². The van der Waals surface area contributed by atoms with Crippen LogP contribution in [0.25, 0.3) is 0 Å². The Morgan fingerprint density at radius 3 is 2.65 bits per heavy atom. The second-order valence-electron chi connectivity index (χ2n) is 5.62. The number of rotatable bonds is 6. The molecule has 124 valence electrons. The lowest BCUT2D eigenvalue weighted by Crippen LogP contribution is -2.21. The van der Waals surface area contributed by atoms with E-state index in [2.05, 4.69) is 24.3 Å². The number of anilines is 1. The second kappa shape index (κ2) is 7.55. The van der Waals surface area contributed by atoms with Crippen LogP contribution in [0.15, 0.2) is 29.2 Å². The molecule has 0 unspecified atom stereocenters. The lowest BCUT2D eigenvalue weighted by molar-refractivity contribution is -0.118. The van der Waals surface area contributed by atoms with E-state index in [9.17, 15) is 4.79 Å². The first-order valence-corrected chi connectivity index (χ1v) is 8.45. The Kier molecular flexibility index (Phi) is 5.71. The standard InChI is InChI=1S/C17H23N3O2S/c1-11(2)23-15-9-7-6-8-14(15)18-16(21)10-22-17-12(3)19-20(5)13(17)4/h6-9,11H,10H2,1-5H3,(H,18,21). The topological polar surface area (TPSA) is 56.2 Å². The molecule has 23 heavy (non-hydrogen) atoms. The zero-order valence-electron chi connectivity index (χ0n) is 14.2. The van der Waals surface area contributed by atoms with Crippen molar-refractivity contribution in [1.82, 2.24) is 9.78 Å². The molecule has 0 radical (unpaired) electrons. The predicted octanol–water partition coefficient (Wildman–Crippen LogP) is 3.55.